The summed E-state index contributed by atoms with van der Waals surface area (Å²) in [4.78, 5) is 21.9. The number of hydrogen-bond acceptors (Lipinski definition) is 4. The summed E-state index contributed by atoms with van der Waals surface area (Å²) in [6, 6.07) is 5.49. The lowest BCUT2D eigenvalue weighted by atomic mass is 10.2. The molecule has 0 fully saturated rings. The highest BCUT2D eigenvalue weighted by Crippen LogP contribution is 2.12. The van der Waals surface area contributed by atoms with Gasteiger partial charge < -0.3 is 15.7 Å². The number of carbonyl (C=O) groups excluding carboxylic acids is 1. The molecule has 0 aliphatic heterocycles. The van der Waals surface area contributed by atoms with Crippen LogP contribution >= 0.6 is 0 Å². The molecule has 0 atom stereocenters. The van der Waals surface area contributed by atoms with E-state index in [1.165, 1.54) is 12.1 Å². The number of urea groups is 1. The Morgan fingerprint density at radius 3 is 2.52 bits per heavy atom. The molecule has 0 unspecified atom stereocenters. The highest BCUT2D eigenvalue weighted by Gasteiger charge is 2.15. The molecule has 1 aromatic rings. The molecule has 2 amide bonds. The van der Waals surface area contributed by atoms with Gasteiger partial charge in [0.1, 0.15) is 0 Å². The number of nitrogens with one attached hydrogen (secondary N) is 3. The average molecular weight is 343 g/mol. The van der Waals surface area contributed by atoms with E-state index in [9.17, 15) is 18.0 Å². The Labute approximate surface area is 135 Å². The topological polar surface area (TPSA) is 125 Å². The molecule has 1 aromatic carbocycles. The summed E-state index contributed by atoms with van der Waals surface area (Å²) in [5, 5.41) is 13.4. The Morgan fingerprint density at radius 1 is 1.22 bits per heavy atom. The summed E-state index contributed by atoms with van der Waals surface area (Å²) in [5.41, 5.74) is 0.616. The fraction of sp³-hybridized carbons (Fsp3) is 0.429. The van der Waals surface area contributed by atoms with Crippen LogP contribution in [-0.2, 0) is 21.4 Å². The lowest BCUT2D eigenvalue weighted by molar-refractivity contribution is -0.136. The molecule has 9 heteroatoms. The second-order valence-electron chi connectivity index (χ2n) is 5.18. The molecular weight excluding hydrogens is 322 g/mol. The first kappa shape index (κ1) is 18.9. The van der Waals surface area contributed by atoms with Gasteiger partial charge in [0.05, 0.1) is 11.3 Å². The molecule has 1 rings (SSSR count). The van der Waals surface area contributed by atoms with Crippen LogP contribution in [0.15, 0.2) is 29.2 Å². The molecule has 0 aliphatic carbocycles. The van der Waals surface area contributed by atoms with Crippen molar-refractivity contribution in [2.24, 2.45) is 0 Å². The number of amides is 2. The van der Waals surface area contributed by atoms with E-state index in [1.807, 2.05) is 0 Å². The zero-order valence-electron chi connectivity index (χ0n) is 13.0. The SMILES string of the molecule is CC(C)NS(=O)(=O)c1cccc(CNC(=O)NCCC(=O)O)c1. The van der Waals surface area contributed by atoms with E-state index >= 15 is 0 Å². The maximum absolute atomic E-state index is 12.1. The molecule has 0 aliphatic rings. The van der Waals surface area contributed by atoms with E-state index < -0.39 is 22.0 Å². The molecule has 0 aromatic heterocycles. The molecule has 0 saturated heterocycles. The van der Waals surface area contributed by atoms with Crippen LogP contribution < -0.4 is 15.4 Å². The van der Waals surface area contributed by atoms with Crippen molar-refractivity contribution in [3.63, 3.8) is 0 Å². The lowest BCUT2D eigenvalue weighted by Gasteiger charge is -2.11. The molecular formula is C14H21N3O5S. The van der Waals surface area contributed by atoms with Gasteiger partial charge in [-0.05, 0) is 31.5 Å². The van der Waals surface area contributed by atoms with E-state index in [2.05, 4.69) is 15.4 Å². The second kappa shape index (κ2) is 8.49. The largest absolute Gasteiger partial charge is 0.481 e. The molecule has 0 heterocycles. The van der Waals surface area contributed by atoms with Gasteiger partial charge in [-0.2, -0.15) is 0 Å². The predicted octanol–water partition coefficient (Wildman–Crippen LogP) is 0.647. The van der Waals surface area contributed by atoms with E-state index in [0.29, 0.717) is 5.56 Å². The Bertz CT molecular complexity index is 658. The average Bonchev–Trinajstić information content (AvgIpc) is 2.44. The van der Waals surface area contributed by atoms with Crippen molar-refractivity contribution in [3.05, 3.63) is 29.8 Å². The van der Waals surface area contributed by atoms with Gasteiger partial charge in [-0.25, -0.2) is 17.9 Å². The first-order valence-corrected chi connectivity index (χ1v) is 8.54. The van der Waals surface area contributed by atoms with Crippen molar-refractivity contribution in [2.75, 3.05) is 6.54 Å². The molecule has 4 N–H and O–H groups in total. The first-order valence-electron chi connectivity index (χ1n) is 7.05. The van der Waals surface area contributed by atoms with E-state index in [4.69, 9.17) is 5.11 Å². The fourth-order valence-corrected chi connectivity index (χ4v) is 3.05. The number of carboxylic acids is 1. The molecule has 23 heavy (non-hydrogen) atoms. The number of carbonyl (C=O) groups is 2. The maximum Gasteiger partial charge on any atom is 0.315 e. The minimum Gasteiger partial charge on any atom is -0.481 e. The van der Waals surface area contributed by atoms with Crippen molar-refractivity contribution >= 4 is 22.0 Å². The van der Waals surface area contributed by atoms with Gasteiger partial charge in [-0.1, -0.05) is 12.1 Å². The number of rotatable bonds is 8. The maximum atomic E-state index is 12.1. The van der Waals surface area contributed by atoms with Crippen LogP contribution in [0, 0.1) is 0 Å². The van der Waals surface area contributed by atoms with E-state index in [-0.39, 0.29) is 30.4 Å². The summed E-state index contributed by atoms with van der Waals surface area (Å²) < 4.78 is 26.6. The zero-order chi connectivity index (χ0) is 17.5. The molecule has 8 nitrogen and oxygen atoms in total. The smallest absolute Gasteiger partial charge is 0.315 e. The Balaban J connectivity index is 2.61. The van der Waals surface area contributed by atoms with E-state index in [1.54, 1.807) is 26.0 Å². The minimum atomic E-state index is -3.59. The minimum absolute atomic E-state index is 0.0217. The van der Waals surface area contributed by atoms with Gasteiger partial charge in [0.15, 0.2) is 0 Å². The van der Waals surface area contributed by atoms with Crippen LogP contribution in [0.1, 0.15) is 25.8 Å². The lowest BCUT2D eigenvalue weighted by Crippen LogP contribution is -2.36. The van der Waals surface area contributed by atoms with Crippen molar-refractivity contribution in [2.45, 2.75) is 37.8 Å². The normalized spacial score (nSPS) is 11.3. The van der Waals surface area contributed by atoms with Gasteiger partial charge in [0.2, 0.25) is 10.0 Å². The predicted molar refractivity (Wildman–Crippen MR) is 84.4 cm³/mol. The van der Waals surface area contributed by atoms with Crippen LogP contribution in [0.4, 0.5) is 4.79 Å². The standard InChI is InChI=1S/C14H21N3O5S/c1-10(2)17-23(21,22)12-5-3-4-11(8-12)9-16-14(20)15-7-6-13(18)19/h3-5,8,10,17H,6-7,9H2,1-2H3,(H,18,19)(H2,15,16,20). The zero-order valence-corrected chi connectivity index (χ0v) is 13.8. The summed E-state index contributed by atoms with van der Waals surface area (Å²) in [6.45, 7) is 3.60. The Morgan fingerprint density at radius 2 is 1.91 bits per heavy atom. The van der Waals surface area contributed by atoms with Crippen molar-refractivity contribution in [1.82, 2.24) is 15.4 Å². The Hall–Kier alpha value is -2.13. The monoisotopic (exact) mass is 343 g/mol. The molecule has 0 bridgehead atoms. The molecule has 0 radical (unpaired) electrons. The van der Waals surface area contributed by atoms with Crippen molar-refractivity contribution in [3.8, 4) is 0 Å². The highest BCUT2D eigenvalue weighted by atomic mass is 32.2. The second-order valence-corrected chi connectivity index (χ2v) is 6.89. The number of sulfonamides is 1. The summed E-state index contributed by atoms with van der Waals surface area (Å²) in [5.74, 6) is -0.999. The van der Waals surface area contributed by atoms with Crippen LogP contribution in [-0.4, -0.2) is 38.1 Å². The van der Waals surface area contributed by atoms with Crippen LogP contribution in [0.2, 0.25) is 0 Å². The fourth-order valence-electron chi connectivity index (χ4n) is 1.73. The van der Waals surface area contributed by atoms with E-state index in [0.717, 1.165) is 0 Å². The van der Waals surface area contributed by atoms with Crippen molar-refractivity contribution in [1.29, 1.82) is 0 Å². The van der Waals surface area contributed by atoms with Crippen LogP contribution in [0.3, 0.4) is 0 Å². The summed E-state index contributed by atoms with van der Waals surface area (Å²) in [7, 11) is -3.59. The van der Waals surface area contributed by atoms with Gasteiger partial charge in [-0.3, -0.25) is 4.79 Å². The van der Waals surface area contributed by atoms with Gasteiger partial charge in [0.25, 0.3) is 0 Å². The number of benzene rings is 1. The summed E-state index contributed by atoms with van der Waals surface area (Å²) >= 11 is 0. The highest BCUT2D eigenvalue weighted by molar-refractivity contribution is 7.89. The number of hydrogen-bond donors (Lipinski definition) is 4. The van der Waals surface area contributed by atoms with Gasteiger partial charge in [-0.15, -0.1) is 0 Å². The Kier molecular flexibility index (Phi) is 6.98. The summed E-state index contributed by atoms with van der Waals surface area (Å²) in [6.07, 6.45) is -0.165. The molecule has 128 valence electrons. The number of carboxylic acid groups (broad SMARTS) is 1. The number of aliphatic carboxylic acids is 1. The van der Waals surface area contributed by atoms with Crippen LogP contribution in [0.5, 0.6) is 0 Å². The quantitative estimate of drug-likeness (QED) is 0.551. The van der Waals surface area contributed by atoms with Gasteiger partial charge >= 0.3 is 12.0 Å². The van der Waals surface area contributed by atoms with Crippen molar-refractivity contribution < 1.29 is 23.1 Å². The first-order chi connectivity index (χ1) is 10.7. The third kappa shape index (κ3) is 7.11. The van der Waals surface area contributed by atoms with Crippen LogP contribution in [0.25, 0.3) is 0 Å². The molecule has 0 spiro atoms. The van der Waals surface area contributed by atoms with Gasteiger partial charge in [0, 0.05) is 19.1 Å². The molecule has 0 saturated carbocycles. The third-order valence-corrected chi connectivity index (χ3v) is 4.33. The third-order valence-electron chi connectivity index (χ3n) is 2.68.